The molecule has 78 heavy (non-hydrogen) atoms. The van der Waals surface area contributed by atoms with Crippen molar-refractivity contribution in [1.82, 2.24) is 18.3 Å². The Kier molecular flexibility index (Phi) is 17.8. The average Bonchev–Trinajstić information content (AvgIpc) is 4.35. The van der Waals surface area contributed by atoms with Gasteiger partial charge in [0.15, 0.2) is 0 Å². The molecule has 4 heterocycles. The molecule has 0 aliphatic heterocycles. The minimum absolute atomic E-state index is 0.706. The van der Waals surface area contributed by atoms with Gasteiger partial charge in [0.05, 0.1) is 17.8 Å². The molecule has 9 rings (SSSR count). The van der Waals surface area contributed by atoms with Gasteiger partial charge in [0.25, 0.3) is 0 Å². The molecule has 0 saturated heterocycles. The Morgan fingerprint density at radius 2 is 0.731 bits per heavy atom. The molecule has 0 unspecified atom stereocenters. The number of hydrogen-bond donors (Lipinski definition) is 0. The van der Waals surface area contributed by atoms with Crippen molar-refractivity contribution in [2.45, 2.75) is 126 Å². The van der Waals surface area contributed by atoms with E-state index in [1.165, 1.54) is 66.7 Å². The van der Waals surface area contributed by atoms with Gasteiger partial charge in [-0.05, 0) is 183 Å². The molecule has 0 aliphatic rings. The van der Waals surface area contributed by atoms with Crippen molar-refractivity contribution in [3.63, 3.8) is 0 Å². The lowest BCUT2D eigenvalue weighted by Gasteiger charge is -2.29. The maximum absolute atomic E-state index is 9.55. The van der Waals surface area contributed by atoms with Crippen molar-refractivity contribution in [1.29, 1.82) is 10.5 Å². The molecule has 0 amide bonds. The number of hydrogen-bond acceptors (Lipinski definition) is 3. The van der Waals surface area contributed by atoms with Crippen LogP contribution in [0.3, 0.4) is 0 Å². The van der Waals surface area contributed by atoms with Gasteiger partial charge in [-0.15, -0.1) is 0 Å². The van der Waals surface area contributed by atoms with Gasteiger partial charge in [-0.2, -0.15) is 10.5 Å². The maximum atomic E-state index is 9.55. The standard InChI is InChI=1S/C71H75N7/c1-8-12-44-74-57(36-38-63(74)48-52(5)50-72)32-34-59-40-42-69(76(59)46-14-10-3)55-24-28-61(29-25-55)78(71-67-22-18-16-20-65(67)54(7)66-21-17-19-23-68(66)71)62-30-26-56(27-31-62)70-43-41-60(77(70)47-15-11-4)35-33-58-37-39-64(49-53(6)51-73)75(58)45-13-9-2/h16-43,48-49H,8-15,44-47H2,1-7H3/b34-32+,35-33+,52-48+,53-49+. The van der Waals surface area contributed by atoms with Crippen LogP contribution < -0.4 is 4.90 Å². The average molecular weight is 1030 g/mol. The highest BCUT2D eigenvalue weighted by Crippen LogP contribution is 2.46. The number of fused-ring (bicyclic) bond motifs is 2. The Hall–Kier alpha value is -8.52. The van der Waals surface area contributed by atoms with E-state index >= 15 is 0 Å². The highest BCUT2D eigenvalue weighted by atomic mass is 15.1. The van der Waals surface area contributed by atoms with Crippen molar-refractivity contribution in [2.24, 2.45) is 0 Å². The summed E-state index contributed by atoms with van der Waals surface area (Å²) < 4.78 is 9.62. The molecular formula is C71H75N7. The SMILES string of the molecule is CCCCn1c(/C=C/c2ccc(-c3ccc(N(c4ccc(-c5ccc(/C=C/c6ccc(/C=C(\C)C#N)n6CCCC)n5CCCC)cc4)c4c5ccccc5c(C)c5ccccc45)cc3)n2CCCC)ccc1/C=C(\C)C#N. The van der Waals surface area contributed by atoms with Gasteiger partial charge in [-0.1, -0.05) is 126 Å². The fraction of sp³-hybridized carbons (Fsp3) is 0.268. The number of anilines is 3. The summed E-state index contributed by atoms with van der Waals surface area (Å²) in [6, 6.07) is 58.4. The highest BCUT2D eigenvalue weighted by molar-refractivity contribution is 6.16. The molecule has 0 aliphatic carbocycles. The number of aromatic nitrogens is 4. The fourth-order valence-electron chi connectivity index (χ4n) is 11.0. The highest BCUT2D eigenvalue weighted by Gasteiger charge is 2.22. The first-order valence-corrected chi connectivity index (χ1v) is 28.4. The largest absolute Gasteiger partial charge is 0.341 e. The summed E-state index contributed by atoms with van der Waals surface area (Å²) in [5, 5.41) is 24.0. The van der Waals surface area contributed by atoms with Gasteiger partial charge in [0.1, 0.15) is 0 Å². The molecule has 0 atom stereocenters. The summed E-state index contributed by atoms with van der Waals surface area (Å²) in [5.74, 6) is 0. The number of aryl methyl sites for hydroxylation is 1. The van der Waals surface area contributed by atoms with Crippen molar-refractivity contribution >= 4 is 75.1 Å². The van der Waals surface area contributed by atoms with Crippen LogP contribution in [0.5, 0.6) is 0 Å². The summed E-state index contributed by atoms with van der Waals surface area (Å²) in [4.78, 5) is 2.47. The molecular weight excluding hydrogens is 951 g/mol. The third-order valence-corrected chi connectivity index (χ3v) is 15.2. The van der Waals surface area contributed by atoms with E-state index in [-0.39, 0.29) is 0 Å². The van der Waals surface area contributed by atoms with E-state index in [1.54, 1.807) is 0 Å². The molecule has 7 nitrogen and oxygen atoms in total. The van der Waals surface area contributed by atoms with Gasteiger partial charge in [0, 0.05) is 105 Å². The molecule has 9 aromatic rings. The van der Waals surface area contributed by atoms with Gasteiger partial charge < -0.3 is 23.2 Å². The van der Waals surface area contributed by atoms with Gasteiger partial charge in [-0.3, -0.25) is 0 Å². The Labute approximate surface area is 463 Å². The van der Waals surface area contributed by atoms with E-state index < -0.39 is 0 Å². The zero-order valence-electron chi connectivity index (χ0n) is 46.9. The van der Waals surface area contributed by atoms with Crippen molar-refractivity contribution in [2.75, 3.05) is 4.90 Å². The molecule has 0 fully saturated rings. The molecule has 0 N–H and O–H groups in total. The second-order valence-electron chi connectivity index (χ2n) is 20.7. The van der Waals surface area contributed by atoms with E-state index in [1.807, 2.05) is 26.0 Å². The minimum Gasteiger partial charge on any atom is -0.341 e. The molecule has 0 spiro atoms. The molecule has 7 heteroatoms. The summed E-state index contributed by atoms with van der Waals surface area (Å²) >= 11 is 0. The first-order valence-electron chi connectivity index (χ1n) is 28.4. The molecule has 4 aromatic heterocycles. The maximum Gasteiger partial charge on any atom is 0.0944 e. The second-order valence-corrected chi connectivity index (χ2v) is 20.7. The zero-order valence-corrected chi connectivity index (χ0v) is 46.9. The molecule has 0 saturated carbocycles. The number of unbranched alkanes of at least 4 members (excludes halogenated alkanes) is 4. The van der Waals surface area contributed by atoms with E-state index in [0.29, 0.717) is 11.1 Å². The monoisotopic (exact) mass is 1030 g/mol. The number of benzene rings is 5. The van der Waals surface area contributed by atoms with E-state index in [2.05, 4.69) is 240 Å². The Morgan fingerprint density at radius 1 is 0.410 bits per heavy atom. The number of rotatable bonds is 23. The van der Waals surface area contributed by atoms with Crippen molar-refractivity contribution in [3.05, 3.63) is 196 Å². The molecule has 0 bridgehead atoms. The van der Waals surface area contributed by atoms with Crippen LogP contribution >= 0.6 is 0 Å². The van der Waals surface area contributed by atoms with Gasteiger partial charge in [-0.25, -0.2) is 0 Å². The van der Waals surface area contributed by atoms with Crippen LogP contribution in [0, 0.1) is 29.6 Å². The summed E-state index contributed by atoms with van der Waals surface area (Å²) in [6.07, 6.45) is 21.7. The van der Waals surface area contributed by atoms with Crippen LogP contribution in [-0.4, -0.2) is 18.3 Å². The quantitative estimate of drug-likeness (QED) is 0.0473. The number of nitriles is 2. The van der Waals surface area contributed by atoms with Crippen LogP contribution in [0.15, 0.2) is 157 Å². The van der Waals surface area contributed by atoms with E-state index in [9.17, 15) is 10.5 Å². The summed E-state index contributed by atoms with van der Waals surface area (Å²) in [6.45, 7) is 18.6. The lowest BCUT2D eigenvalue weighted by Crippen LogP contribution is -2.12. The van der Waals surface area contributed by atoms with Crippen molar-refractivity contribution < 1.29 is 0 Å². The predicted molar refractivity (Wildman–Crippen MR) is 333 cm³/mol. The van der Waals surface area contributed by atoms with Gasteiger partial charge in [0.2, 0.25) is 0 Å². The summed E-state index contributed by atoms with van der Waals surface area (Å²) in [5.41, 5.74) is 17.5. The Balaban J connectivity index is 1.10. The third kappa shape index (κ3) is 11.7. The van der Waals surface area contributed by atoms with E-state index in [0.717, 1.165) is 112 Å². The normalized spacial score (nSPS) is 12.2. The second kappa shape index (κ2) is 25.5. The molecule has 5 aromatic carbocycles. The van der Waals surface area contributed by atoms with Gasteiger partial charge >= 0.3 is 0 Å². The number of nitrogens with zero attached hydrogens (tertiary/aromatic N) is 7. The smallest absolute Gasteiger partial charge is 0.0944 e. The zero-order chi connectivity index (χ0) is 54.5. The van der Waals surface area contributed by atoms with Crippen LogP contribution in [-0.2, 0) is 26.2 Å². The van der Waals surface area contributed by atoms with Crippen molar-refractivity contribution in [3.8, 4) is 34.7 Å². The first kappa shape index (κ1) is 54.3. The Morgan fingerprint density at radius 3 is 1.09 bits per heavy atom. The molecule has 0 radical (unpaired) electrons. The van der Waals surface area contributed by atoms with Crippen LogP contribution in [0.25, 0.3) is 80.5 Å². The minimum atomic E-state index is 0.706. The summed E-state index contributed by atoms with van der Waals surface area (Å²) in [7, 11) is 0. The van der Waals surface area contributed by atoms with Crippen LogP contribution in [0.1, 0.15) is 133 Å². The lowest BCUT2D eigenvalue weighted by molar-refractivity contribution is 0.627. The lowest BCUT2D eigenvalue weighted by atomic mass is 9.94. The van der Waals surface area contributed by atoms with Crippen LogP contribution in [0.2, 0.25) is 0 Å². The number of allylic oxidation sites excluding steroid dienone is 2. The van der Waals surface area contributed by atoms with E-state index in [4.69, 9.17) is 0 Å². The topological polar surface area (TPSA) is 70.5 Å². The molecule has 394 valence electrons. The van der Waals surface area contributed by atoms with Crippen LogP contribution in [0.4, 0.5) is 17.1 Å². The third-order valence-electron chi connectivity index (χ3n) is 15.2. The first-order chi connectivity index (χ1) is 38.2. The Bertz CT molecular complexity index is 3490. The predicted octanol–water partition coefficient (Wildman–Crippen LogP) is 19.7. The fourth-order valence-corrected chi connectivity index (χ4v) is 11.0.